The number of benzene rings is 1. The van der Waals surface area contributed by atoms with Gasteiger partial charge in [0.05, 0.1) is 17.5 Å². The lowest BCUT2D eigenvalue weighted by Crippen LogP contribution is -2.43. The van der Waals surface area contributed by atoms with Crippen LogP contribution in [0.5, 0.6) is 0 Å². The fourth-order valence-electron chi connectivity index (χ4n) is 2.56. The summed E-state index contributed by atoms with van der Waals surface area (Å²) in [6, 6.07) is 5.87. The van der Waals surface area contributed by atoms with Crippen molar-refractivity contribution in [2.24, 2.45) is 0 Å². The summed E-state index contributed by atoms with van der Waals surface area (Å²) in [5, 5.41) is 2.95. The molecule has 0 radical (unpaired) electrons. The van der Waals surface area contributed by atoms with Crippen molar-refractivity contribution < 1.29 is 9.53 Å². The molecule has 0 saturated carbocycles. The molecule has 90 valence electrons. The topological polar surface area (TPSA) is 41.6 Å². The highest BCUT2D eigenvalue weighted by atomic mass is 79.9. The molecule has 0 bridgehead atoms. The van der Waals surface area contributed by atoms with E-state index < -0.39 is 0 Å². The SMILES string of the molecule is COC1CC2C(=O)Nc3cc(Br)ccc3N2C1. The molecule has 1 aromatic carbocycles. The summed E-state index contributed by atoms with van der Waals surface area (Å²) >= 11 is 3.41. The molecule has 2 heterocycles. The molecule has 1 fully saturated rings. The van der Waals surface area contributed by atoms with E-state index in [-0.39, 0.29) is 18.1 Å². The molecule has 2 aliphatic heterocycles. The van der Waals surface area contributed by atoms with E-state index in [1.165, 1.54) is 0 Å². The molecule has 5 heteroatoms. The summed E-state index contributed by atoms with van der Waals surface area (Å²) < 4.78 is 6.33. The van der Waals surface area contributed by atoms with Gasteiger partial charge in [0.15, 0.2) is 0 Å². The predicted octanol–water partition coefficient (Wildman–Crippen LogP) is 1.99. The van der Waals surface area contributed by atoms with Gasteiger partial charge in [-0.25, -0.2) is 0 Å². The van der Waals surface area contributed by atoms with Gasteiger partial charge in [-0.05, 0) is 18.2 Å². The summed E-state index contributed by atoms with van der Waals surface area (Å²) in [4.78, 5) is 14.1. The smallest absolute Gasteiger partial charge is 0.247 e. The fourth-order valence-corrected chi connectivity index (χ4v) is 2.92. The third kappa shape index (κ3) is 1.73. The molecule has 0 aromatic heterocycles. The van der Waals surface area contributed by atoms with Crippen LogP contribution in [0.3, 0.4) is 0 Å². The largest absolute Gasteiger partial charge is 0.380 e. The van der Waals surface area contributed by atoms with Gasteiger partial charge in [0, 0.05) is 24.5 Å². The van der Waals surface area contributed by atoms with Crippen molar-refractivity contribution >= 4 is 33.2 Å². The fraction of sp³-hybridized carbons (Fsp3) is 0.417. The van der Waals surface area contributed by atoms with Gasteiger partial charge in [0.1, 0.15) is 6.04 Å². The summed E-state index contributed by atoms with van der Waals surface area (Å²) in [6.07, 6.45) is 0.901. The molecule has 1 aromatic rings. The number of hydrogen-bond donors (Lipinski definition) is 1. The van der Waals surface area contributed by atoms with Crippen LogP contribution in [0, 0.1) is 0 Å². The number of halogens is 1. The Kier molecular flexibility index (Phi) is 2.60. The van der Waals surface area contributed by atoms with Crippen LogP contribution in [0.4, 0.5) is 11.4 Å². The second-order valence-corrected chi connectivity index (χ2v) is 5.33. The molecule has 1 saturated heterocycles. The number of nitrogens with zero attached hydrogens (tertiary/aromatic N) is 1. The van der Waals surface area contributed by atoms with Crippen molar-refractivity contribution in [2.75, 3.05) is 23.9 Å². The van der Waals surface area contributed by atoms with Crippen molar-refractivity contribution in [1.82, 2.24) is 0 Å². The number of carbonyl (C=O) groups is 1. The summed E-state index contributed by atoms with van der Waals surface area (Å²) in [5.41, 5.74) is 1.95. The monoisotopic (exact) mass is 296 g/mol. The molecule has 0 aliphatic carbocycles. The van der Waals surface area contributed by atoms with Gasteiger partial charge in [-0.15, -0.1) is 0 Å². The Morgan fingerprint density at radius 3 is 3.12 bits per heavy atom. The maximum Gasteiger partial charge on any atom is 0.247 e. The van der Waals surface area contributed by atoms with E-state index >= 15 is 0 Å². The summed E-state index contributed by atoms with van der Waals surface area (Å²) in [5.74, 6) is 0.0650. The van der Waals surface area contributed by atoms with Crippen LogP contribution in [0.15, 0.2) is 22.7 Å². The van der Waals surface area contributed by atoms with Gasteiger partial charge < -0.3 is 15.0 Å². The number of fused-ring (bicyclic) bond motifs is 3. The molecular formula is C12H13BrN2O2. The highest BCUT2D eigenvalue weighted by Crippen LogP contribution is 2.38. The van der Waals surface area contributed by atoms with E-state index in [1.54, 1.807) is 7.11 Å². The molecule has 2 atom stereocenters. The Labute approximate surface area is 108 Å². The number of methoxy groups -OCH3 is 1. The molecule has 3 rings (SSSR count). The Balaban J connectivity index is 2.01. The highest BCUT2D eigenvalue weighted by Gasteiger charge is 2.41. The van der Waals surface area contributed by atoms with E-state index in [0.717, 1.165) is 28.8 Å². The molecule has 2 unspecified atom stereocenters. The first kappa shape index (κ1) is 11.0. The first-order valence-corrected chi connectivity index (χ1v) is 6.38. The minimum atomic E-state index is -0.0892. The average molecular weight is 297 g/mol. The maximum absolute atomic E-state index is 12.0. The third-order valence-corrected chi connectivity index (χ3v) is 3.92. The number of hydrogen-bond acceptors (Lipinski definition) is 3. The first-order valence-electron chi connectivity index (χ1n) is 5.59. The van der Waals surface area contributed by atoms with Crippen molar-refractivity contribution in [3.05, 3.63) is 22.7 Å². The van der Waals surface area contributed by atoms with Crippen LogP contribution in [0.2, 0.25) is 0 Å². The zero-order valence-corrected chi connectivity index (χ0v) is 11.0. The number of nitrogens with one attached hydrogen (secondary N) is 1. The third-order valence-electron chi connectivity index (χ3n) is 3.42. The molecule has 17 heavy (non-hydrogen) atoms. The molecule has 0 spiro atoms. The highest BCUT2D eigenvalue weighted by molar-refractivity contribution is 9.10. The number of amides is 1. The number of rotatable bonds is 1. The number of carbonyl (C=O) groups excluding carboxylic acids is 1. The van der Waals surface area contributed by atoms with Gasteiger partial charge >= 0.3 is 0 Å². The molecule has 4 nitrogen and oxygen atoms in total. The number of anilines is 2. The second kappa shape index (κ2) is 3.99. The molecule has 1 amide bonds. The van der Waals surface area contributed by atoms with E-state index in [1.807, 2.05) is 18.2 Å². The Morgan fingerprint density at radius 2 is 2.35 bits per heavy atom. The van der Waals surface area contributed by atoms with Gasteiger partial charge in [-0.2, -0.15) is 0 Å². The molecular weight excluding hydrogens is 284 g/mol. The Bertz CT molecular complexity index is 478. The Morgan fingerprint density at radius 1 is 1.53 bits per heavy atom. The van der Waals surface area contributed by atoms with Crippen LogP contribution in [-0.4, -0.2) is 31.7 Å². The van der Waals surface area contributed by atoms with Crippen LogP contribution in [0.1, 0.15) is 6.42 Å². The van der Waals surface area contributed by atoms with Gasteiger partial charge in [-0.1, -0.05) is 15.9 Å². The van der Waals surface area contributed by atoms with Crippen LogP contribution < -0.4 is 10.2 Å². The van der Waals surface area contributed by atoms with E-state index in [4.69, 9.17) is 4.74 Å². The lowest BCUT2D eigenvalue weighted by molar-refractivity contribution is -0.117. The molecule has 1 N–H and O–H groups in total. The minimum absolute atomic E-state index is 0.0650. The summed E-state index contributed by atoms with van der Waals surface area (Å²) in [6.45, 7) is 0.781. The van der Waals surface area contributed by atoms with Crippen molar-refractivity contribution in [1.29, 1.82) is 0 Å². The van der Waals surface area contributed by atoms with Gasteiger partial charge in [-0.3, -0.25) is 4.79 Å². The average Bonchev–Trinajstić information content (AvgIpc) is 2.73. The van der Waals surface area contributed by atoms with Crippen LogP contribution >= 0.6 is 15.9 Å². The lowest BCUT2D eigenvalue weighted by Gasteiger charge is -2.32. The van der Waals surface area contributed by atoms with Crippen molar-refractivity contribution in [3.63, 3.8) is 0 Å². The zero-order valence-electron chi connectivity index (χ0n) is 9.44. The minimum Gasteiger partial charge on any atom is -0.380 e. The standard InChI is InChI=1S/C12H13BrN2O2/c1-17-8-5-11-12(16)14-9-4-7(13)2-3-10(9)15(11)6-8/h2-4,8,11H,5-6H2,1H3,(H,14,16). The first-order chi connectivity index (χ1) is 8.19. The normalized spacial score (nSPS) is 26.5. The van der Waals surface area contributed by atoms with E-state index in [9.17, 15) is 4.79 Å². The van der Waals surface area contributed by atoms with E-state index in [2.05, 4.69) is 26.1 Å². The maximum atomic E-state index is 12.0. The van der Waals surface area contributed by atoms with Crippen molar-refractivity contribution in [3.8, 4) is 0 Å². The van der Waals surface area contributed by atoms with Crippen molar-refractivity contribution in [2.45, 2.75) is 18.6 Å². The quantitative estimate of drug-likeness (QED) is 0.862. The van der Waals surface area contributed by atoms with Crippen LogP contribution in [0.25, 0.3) is 0 Å². The lowest BCUT2D eigenvalue weighted by atomic mass is 10.1. The van der Waals surface area contributed by atoms with E-state index in [0.29, 0.717) is 0 Å². The molecule has 2 aliphatic rings. The predicted molar refractivity (Wildman–Crippen MR) is 69.3 cm³/mol. The Hall–Kier alpha value is -1.07. The van der Waals surface area contributed by atoms with Gasteiger partial charge in [0.25, 0.3) is 0 Å². The second-order valence-electron chi connectivity index (χ2n) is 4.41. The number of ether oxygens (including phenoxy) is 1. The zero-order chi connectivity index (χ0) is 12.0. The van der Waals surface area contributed by atoms with Crippen LogP contribution in [-0.2, 0) is 9.53 Å². The van der Waals surface area contributed by atoms with Gasteiger partial charge in [0.2, 0.25) is 5.91 Å². The summed E-state index contributed by atoms with van der Waals surface area (Å²) in [7, 11) is 1.70.